The van der Waals surface area contributed by atoms with E-state index in [1.807, 2.05) is 18.2 Å². The number of rotatable bonds is 8. The number of methoxy groups -OCH3 is 1. The summed E-state index contributed by atoms with van der Waals surface area (Å²) in [4.78, 5) is 11.9. The highest BCUT2D eigenvalue weighted by molar-refractivity contribution is 7.89. The van der Waals surface area contributed by atoms with Crippen LogP contribution in [0.2, 0.25) is 0 Å². The third-order valence-corrected chi connectivity index (χ3v) is 5.04. The molecule has 2 aromatic carbocycles. The number of amides is 1. The number of hydrogen-bond acceptors (Lipinski definition) is 5. The highest BCUT2D eigenvalue weighted by Crippen LogP contribution is 2.16. The molecule has 1 unspecified atom stereocenters. The van der Waals surface area contributed by atoms with Crippen LogP contribution in [0.3, 0.4) is 0 Å². The lowest BCUT2D eigenvalue weighted by Crippen LogP contribution is -2.39. The lowest BCUT2D eigenvalue weighted by atomic mass is 10.2. The van der Waals surface area contributed by atoms with E-state index in [0.29, 0.717) is 11.3 Å². The Bertz CT molecular complexity index is 813. The second kappa shape index (κ2) is 10.3. The van der Waals surface area contributed by atoms with Gasteiger partial charge in [-0.3, -0.25) is 4.79 Å². The standard InChI is InChI=1S/C18H22N2O4S.ClH/c1-24-11-17(19)18(21)20-16-9-5-8-15(10-16)13-25(22,23)12-14-6-3-2-4-7-14;/h2-10,17H,11-13,19H2,1H3,(H,20,21);1H. The topological polar surface area (TPSA) is 98.5 Å². The van der Waals surface area contributed by atoms with Crippen LogP contribution in [0, 0.1) is 0 Å². The van der Waals surface area contributed by atoms with Gasteiger partial charge in [-0.15, -0.1) is 12.4 Å². The number of anilines is 1. The lowest BCUT2D eigenvalue weighted by molar-refractivity contribution is -0.118. The van der Waals surface area contributed by atoms with Crippen molar-refractivity contribution < 1.29 is 17.9 Å². The molecule has 0 saturated heterocycles. The average molecular weight is 399 g/mol. The first-order valence-electron chi connectivity index (χ1n) is 7.78. The second-order valence-corrected chi connectivity index (χ2v) is 7.83. The molecule has 8 heteroatoms. The molecular formula is C18H23ClN2O4S. The fourth-order valence-electron chi connectivity index (χ4n) is 2.36. The Morgan fingerprint density at radius 2 is 1.69 bits per heavy atom. The molecular weight excluding hydrogens is 376 g/mol. The average Bonchev–Trinajstić information content (AvgIpc) is 2.55. The Hall–Kier alpha value is -1.93. The Labute approximate surface area is 160 Å². The highest BCUT2D eigenvalue weighted by Gasteiger charge is 2.15. The third kappa shape index (κ3) is 7.13. The molecule has 3 N–H and O–H groups in total. The van der Waals surface area contributed by atoms with Gasteiger partial charge in [0.1, 0.15) is 6.04 Å². The Balaban J connectivity index is 0.00000338. The maximum absolute atomic E-state index is 12.4. The van der Waals surface area contributed by atoms with Crippen LogP contribution in [0.4, 0.5) is 5.69 Å². The first kappa shape index (κ1) is 22.1. The van der Waals surface area contributed by atoms with E-state index >= 15 is 0 Å². The third-order valence-electron chi connectivity index (χ3n) is 3.49. The summed E-state index contributed by atoms with van der Waals surface area (Å²) in [5.74, 6) is -0.509. The molecule has 1 atom stereocenters. The van der Waals surface area contributed by atoms with Gasteiger partial charge in [0.05, 0.1) is 18.1 Å². The molecule has 0 fully saturated rings. The number of carbonyl (C=O) groups is 1. The van der Waals surface area contributed by atoms with Crippen LogP contribution in [0.1, 0.15) is 11.1 Å². The molecule has 6 nitrogen and oxygen atoms in total. The summed E-state index contributed by atoms with van der Waals surface area (Å²) >= 11 is 0. The summed E-state index contributed by atoms with van der Waals surface area (Å²) in [5, 5.41) is 2.66. The van der Waals surface area contributed by atoms with Gasteiger partial charge in [-0.2, -0.15) is 0 Å². The quantitative estimate of drug-likeness (QED) is 0.709. The van der Waals surface area contributed by atoms with E-state index in [-0.39, 0.29) is 36.4 Å². The zero-order valence-electron chi connectivity index (χ0n) is 14.4. The number of sulfone groups is 1. The van der Waals surface area contributed by atoms with Gasteiger partial charge in [-0.05, 0) is 23.3 Å². The maximum Gasteiger partial charge on any atom is 0.243 e. The molecule has 0 saturated carbocycles. The number of halogens is 1. The molecule has 0 aliphatic carbocycles. The lowest BCUT2D eigenvalue weighted by Gasteiger charge is -2.12. The Morgan fingerprint density at radius 1 is 1.08 bits per heavy atom. The fourth-order valence-corrected chi connectivity index (χ4v) is 3.85. The molecule has 2 aromatic rings. The number of nitrogens with two attached hydrogens (primary N) is 1. The Morgan fingerprint density at radius 3 is 2.35 bits per heavy atom. The minimum Gasteiger partial charge on any atom is -0.383 e. The van der Waals surface area contributed by atoms with E-state index in [4.69, 9.17) is 10.5 Å². The van der Waals surface area contributed by atoms with Crippen molar-refractivity contribution >= 4 is 33.8 Å². The molecule has 142 valence electrons. The molecule has 26 heavy (non-hydrogen) atoms. The number of carbonyl (C=O) groups excluding carboxylic acids is 1. The van der Waals surface area contributed by atoms with Crippen LogP contribution in [0.5, 0.6) is 0 Å². The largest absolute Gasteiger partial charge is 0.383 e. The van der Waals surface area contributed by atoms with Gasteiger partial charge >= 0.3 is 0 Å². The van der Waals surface area contributed by atoms with Gasteiger partial charge < -0.3 is 15.8 Å². The van der Waals surface area contributed by atoms with Gasteiger partial charge in [0.25, 0.3) is 0 Å². The highest BCUT2D eigenvalue weighted by atomic mass is 35.5. The summed E-state index contributed by atoms with van der Waals surface area (Å²) < 4.78 is 29.6. The molecule has 0 bridgehead atoms. The molecule has 2 rings (SSSR count). The number of benzene rings is 2. The maximum atomic E-state index is 12.4. The first-order chi connectivity index (χ1) is 11.9. The molecule has 0 aliphatic heterocycles. The van der Waals surface area contributed by atoms with Crippen LogP contribution in [0.25, 0.3) is 0 Å². The normalized spacial score (nSPS) is 12.1. The van der Waals surface area contributed by atoms with E-state index in [1.54, 1.807) is 36.4 Å². The molecule has 1 amide bonds. The smallest absolute Gasteiger partial charge is 0.243 e. The summed E-state index contributed by atoms with van der Waals surface area (Å²) in [5.41, 5.74) is 7.53. The summed E-state index contributed by atoms with van der Waals surface area (Å²) in [6, 6.07) is 15.0. The van der Waals surface area contributed by atoms with Crippen LogP contribution in [-0.2, 0) is 30.9 Å². The van der Waals surface area contributed by atoms with Crippen molar-refractivity contribution in [1.82, 2.24) is 0 Å². The van der Waals surface area contributed by atoms with Crippen molar-refractivity contribution in [2.24, 2.45) is 5.73 Å². The Kier molecular flexibility index (Phi) is 8.74. The van der Waals surface area contributed by atoms with E-state index in [2.05, 4.69) is 5.32 Å². The van der Waals surface area contributed by atoms with Crippen molar-refractivity contribution in [3.05, 3.63) is 65.7 Å². The molecule has 0 aliphatic rings. The predicted octanol–water partition coefficient (Wildman–Crippen LogP) is 2.14. The minimum atomic E-state index is -3.32. The predicted molar refractivity (Wildman–Crippen MR) is 105 cm³/mol. The number of ether oxygens (including phenoxy) is 1. The van der Waals surface area contributed by atoms with Gasteiger partial charge in [0.2, 0.25) is 5.91 Å². The second-order valence-electron chi connectivity index (χ2n) is 5.77. The zero-order valence-corrected chi connectivity index (χ0v) is 16.1. The summed E-state index contributed by atoms with van der Waals surface area (Å²) in [7, 11) is -1.85. The SMILES string of the molecule is COCC(N)C(=O)Nc1cccc(CS(=O)(=O)Cc2ccccc2)c1.Cl. The van der Waals surface area contributed by atoms with Gasteiger partial charge in [-0.25, -0.2) is 8.42 Å². The van der Waals surface area contributed by atoms with Crippen LogP contribution in [-0.4, -0.2) is 34.1 Å². The summed E-state index contributed by atoms with van der Waals surface area (Å²) in [6.45, 7) is 0.108. The van der Waals surface area contributed by atoms with Gasteiger partial charge in [0, 0.05) is 12.8 Å². The molecule has 0 aromatic heterocycles. The van der Waals surface area contributed by atoms with Gasteiger partial charge in [0.15, 0.2) is 9.84 Å². The van der Waals surface area contributed by atoms with Crippen molar-refractivity contribution in [3.8, 4) is 0 Å². The monoisotopic (exact) mass is 398 g/mol. The molecule has 0 spiro atoms. The summed E-state index contributed by atoms with van der Waals surface area (Å²) in [6.07, 6.45) is 0. The van der Waals surface area contributed by atoms with Crippen molar-refractivity contribution in [2.75, 3.05) is 19.0 Å². The first-order valence-corrected chi connectivity index (χ1v) is 9.60. The van der Waals surface area contributed by atoms with E-state index < -0.39 is 15.9 Å². The molecule has 0 heterocycles. The van der Waals surface area contributed by atoms with Crippen molar-refractivity contribution in [3.63, 3.8) is 0 Å². The fraction of sp³-hybridized carbons (Fsp3) is 0.278. The number of hydrogen-bond donors (Lipinski definition) is 2. The van der Waals surface area contributed by atoms with Crippen LogP contribution in [0.15, 0.2) is 54.6 Å². The number of nitrogens with one attached hydrogen (secondary N) is 1. The van der Waals surface area contributed by atoms with Gasteiger partial charge in [-0.1, -0.05) is 42.5 Å². The van der Waals surface area contributed by atoms with Crippen LogP contribution < -0.4 is 11.1 Å². The van der Waals surface area contributed by atoms with E-state index in [0.717, 1.165) is 5.56 Å². The van der Waals surface area contributed by atoms with Crippen molar-refractivity contribution in [2.45, 2.75) is 17.5 Å². The van der Waals surface area contributed by atoms with Crippen LogP contribution >= 0.6 is 12.4 Å². The van der Waals surface area contributed by atoms with Crippen molar-refractivity contribution in [1.29, 1.82) is 0 Å². The van der Waals surface area contributed by atoms with E-state index in [1.165, 1.54) is 7.11 Å². The molecule has 0 radical (unpaired) electrons. The zero-order chi connectivity index (χ0) is 18.3. The minimum absolute atomic E-state index is 0. The van der Waals surface area contributed by atoms with E-state index in [9.17, 15) is 13.2 Å².